The molecular weight excluding hydrogens is 230 g/mol. The lowest BCUT2D eigenvalue weighted by Gasteiger charge is -2.40. The Morgan fingerprint density at radius 3 is 2.17 bits per heavy atom. The molecule has 2 rings (SSSR count). The first kappa shape index (κ1) is 13.2. The van der Waals surface area contributed by atoms with Gasteiger partial charge in [0.05, 0.1) is 20.8 Å². The van der Waals surface area contributed by atoms with E-state index in [0.29, 0.717) is 6.61 Å². The number of hydrogen-bond donors (Lipinski definition) is 1. The van der Waals surface area contributed by atoms with E-state index in [1.807, 2.05) is 12.1 Å². The van der Waals surface area contributed by atoms with Crippen molar-refractivity contribution >= 4 is 0 Å². The van der Waals surface area contributed by atoms with Gasteiger partial charge in [0, 0.05) is 23.8 Å². The van der Waals surface area contributed by atoms with Crippen LogP contribution in [0.15, 0.2) is 12.1 Å². The molecule has 1 aromatic rings. The van der Waals surface area contributed by atoms with E-state index < -0.39 is 0 Å². The number of nitrogens with two attached hydrogens (primary N) is 1. The number of hydrogen-bond acceptors (Lipinski definition) is 4. The van der Waals surface area contributed by atoms with Gasteiger partial charge < -0.3 is 19.9 Å². The minimum atomic E-state index is -0.298. The molecule has 0 spiro atoms. The Morgan fingerprint density at radius 1 is 1.11 bits per heavy atom. The van der Waals surface area contributed by atoms with Crippen molar-refractivity contribution in [3.8, 4) is 11.5 Å². The molecular formula is C14H21NO3. The quantitative estimate of drug-likeness (QED) is 0.871. The number of rotatable bonds is 5. The predicted octanol–water partition coefficient (Wildman–Crippen LogP) is 2.19. The average molecular weight is 251 g/mol. The van der Waals surface area contributed by atoms with Gasteiger partial charge in [-0.3, -0.25) is 0 Å². The monoisotopic (exact) mass is 251 g/mol. The van der Waals surface area contributed by atoms with Gasteiger partial charge in [-0.15, -0.1) is 0 Å². The van der Waals surface area contributed by atoms with Crippen LogP contribution in [-0.2, 0) is 16.9 Å². The predicted molar refractivity (Wildman–Crippen MR) is 70.0 cm³/mol. The van der Waals surface area contributed by atoms with Crippen molar-refractivity contribution in [1.29, 1.82) is 0 Å². The molecule has 1 fully saturated rings. The number of methoxy groups -OCH3 is 3. The molecule has 0 heterocycles. The van der Waals surface area contributed by atoms with Gasteiger partial charge in [-0.25, -0.2) is 0 Å². The summed E-state index contributed by atoms with van der Waals surface area (Å²) in [6, 6.07) is 3.82. The highest BCUT2D eigenvalue weighted by Gasteiger charge is 2.39. The van der Waals surface area contributed by atoms with Crippen LogP contribution in [0, 0.1) is 0 Å². The van der Waals surface area contributed by atoms with Crippen molar-refractivity contribution in [3.63, 3.8) is 0 Å². The van der Waals surface area contributed by atoms with Crippen LogP contribution in [0.4, 0.5) is 0 Å². The Balaban J connectivity index is 2.56. The Hall–Kier alpha value is -1.26. The lowest BCUT2D eigenvalue weighted by Crippen LogP contribution is -2.44. The Bertz CT molecular complexity index is 427. The highest BCUT2D eigenvalue weighted by molar-refractivity contribution is 5.52. The molecule has 0 aliphatic heterocycles. The summed E-state index contributed by atoms with van der Waals surface area (Å²) in [4.78, 5) is 0. The maximum Gasteiger partial charge on any atom is 0.124 e. The fourth-order valence-corrected chi connectivity index (χ4v) is 2.61. The van der Waals surface area contributed by atoms with E-state index in [0.717, 1.165) is 41.9 Å². The fraction of sp³-hybridized carbons (Fsp3) is 0.571. The van der Waals surface area contributed by atoms with Gasteiger partial charge in [0.25, 0.3) is 0 Å². The van der Waals surface area contributed by atoms with Crippen LogP contribution in [-0.4, -0.2) is 21.3 Å². The van der Waals surface area contributed by atoms with Gasteiger partial charge >= 0.3 is 0 Å². The van der Waals surface area contributed by atoms with E-state index in [9.17, 15) is 0 Å². The molecule has 0 atom stereocenters. The molecule has 4 nitrogen and oxygen atoms in total. The van der Waals surface area contributed by atoms with Crippen molar-refractivity contribution in [1.82, 2.24) is 0 Å². The first-order valence-electron chi connectivity index (χ1n) is 6.18. The summed E-state index contributed by atoms with van der Waals surface area (Å²) in [5, 5.41) is 0. The molecule has 1 aliphatic rings. The van der Waals surface area contributed by atoms with Crippen molar-refractivity contribution < 1.29 is 14.2 Å². The van der Waals surface area contributed by atoms with E-state index in [-0.39, 0.29) is 5.54 Å². The third-order valence-corrected chi connectivity index (χ3v) is 3.70. The van der Waals surface area contributed by atoms with Gasteiger partial charge in [-0.05, 0) is 31.4 Å². The van der Waals surface area contributed by atoms with Crippen molar-refractivity contribution in [2.24, 2.45) is 5.73 Å². The second-order valence-electron chi connectivity index (χ2n) is 4.77. The molecule has 1 aromatic carbocycles. The van der Waals surface area contributed by atoms with E-state index in [4.69, 9.17) is 19.9 Å². The summed E-state index contributed by atoms with van der Waals surface area (Å²) in [6.45, 7) is 0.481. The minimum absolute atomic E-state index is 0.298. The first-order chi connectivity index (χ1) is 8.66. The first-order valence-corrected chi connectivity index (χ1v) is 6.18. The summed E-state index contributed by atoms with van der Waals surface area (Å²) in [5.74, 6) is 1.63. The molecule has 18 heavy (non-hydrogen) atoms. The molecule has 0 unspecified atom stereocenters. The fourth-order valence-electron chi connectivity index (χ4n) is 2.61. The lowest BCUT2D eigenvalue weighted by molar-refractivity contribution is 0.172. The average Bonchev–Trinajstić information content (AvgIpc) is 2.35. The molecule has 2 N–H and O–H groups in total. The second kappa shape index (κ2) is 5.16. The highest BCUT2D eigenvalue weighted by Crippen LogP contribution is 2.46. The number of benzene rings is 1. The molecule has 0 saturated heterocycles. The standard InChI is InChI=1S/C14H21NO3/c1-16-9-10-11(17-2)5-6-12(18-3)13(10)14(15)7-4-8-14/h5-6H,4,7-9,15H2,1-3H3. The molecule has 100 valence electrons. The van der Waals surface area contributed by atoms with E-state index in [1.54, 1.807) is 21.3 Å². The van der Waals surface area contributed by atoms with E-state index in [1.165, 1.54) is 0 Å². The lowest BCUT2D eigenvalue weighted by atomic mass is 9.71. The molecule has 0 bridgehead atoms. The molecule has 1 aliphatic carbocycles. The summed E-state index contributed by atoms with van der Waals surface area (Å²) >= 11 is 0. The van der Waals surface area contributed by atoms with Crippen LogP contribution in [0.3, 0.4) is 0 Å². The van der Waals surface area contributed by atoms with Crippen molar-refractivity contribution in [3.05, 3.63) is 23.3 Å². The Morgan fingerprint density at radius 2 is 1.72 bits per heavy atom. The largest absolute Gasteiger partial charge is 0.496 e. The van der Waals surface area contributed by atoms with Crippen LogP contribution in [0.1, 0.15) is 30.4 Å². The summed E-state index contributed by atoms with van der Waals surface area (Å²) < 4.78 is 16.2. The minimum Gasteiger partial charge on any atom is -0.496 e. The molecule has 0 radical (unpaired) electrons. The van der Waals surface area contributed by atoms with Crippen molar-refractivity contribution in [2.45, 2.75) is 31.4 Å². The summed E-state index contributed by atoms with van der Waals surface area (Å²) in [5.41, 5.74) is 8.21. The third-order valence-electron chi connectivity index (χ3n) is 3.70. The van der Waals surface area contributed by atoms with Gasteiger partial charge in [0.1, 0.15) is 11.5 Å². The number of ether oxygens (including phenoxy) is 3. The Labute approximate surface area is 108 Å². The van der Waals surface area contributed by atoms with Crippen LogP contribution in [0.2, 0.25) is 0 Å². The third kappa shape index (κ3) is 2.06. The van der Waals surface area contributed by atoms with Crippen molar-refractivity contribution in [2.75, 3.05) is 21.3 Å². The normalized spacial score (nSPS) is 17.1. The second-order valence-corrected chi connectivity index (χ2v) is 4.77. The SMILES string of the molecule is COCc1c(OC)ccc(OC)c1C1(N)CCC1. The topological polar surface area (TPSA) is 53.7 Å². The maximum absolute atomic E-state index is 6.46. The van der Waals surface area contributed by atoms with E-state index in [2.05, 4.69) is 0 Å². The van der Waals surface area contributed by atoms with Crippen LogP contribution in [0.25, 0.3) is 0 Å². The zero-order valence-electron chi connectivity index (χ0n) is 11.3. The summed E-state index contributed by atoms with van der Waals surface area (Å²) in [7, 11) is 5.01. The van der Waals surface area contributed by atoms with Gasteiger partial charge in [-0.1, -0.05) is 0 Å². The van der Waals surface area contributed by atoms with Gasteiger partial charge in [0.15, 0.2) is 0 Å². The van der Waals surface area contributed by atoms with E-state index >= 15 is 0 Å². The van der Waals surface area contributed by atoms with Crippen LogP contribution >= 0.6 is 0 Å². The van der Waals surface area contributed by atoms with Crippen LogP contribution in [0.5, 0.6) is 11.5 Å². The molecule has 1 saturated carbocycles. The summed E-state index contributed by atoms with van der Waals surface area (Å²) in [6.07, 6.45) is 3.11. The maximum atomic E-state index is 6.46. The highest BCUT2D eigenvalue weighted by atomic mass is 16.5. The zero-order chi connectivity index (χ0) is 13.2. The Kier molecular flexibility index (Phi) is 3.78. The molecule has 0 aromatic heterocycles. The molecule has 4 heteroatoms. The zero-order valence-corrected chi connectivity index (χ0v) is 11.3. The van der Waals surface area contributed by atoms with Crippen LogP contribution < -0.4 is 15.2 Å². The van der Waals surface area contributed by atoms with Gasteiger partial charge in [-0.2, -0.15) is 0 Å². The smallest absolute Gasteiger partial charge is 0.124 e. The molecule has 0 amide bonds. The van der Waals surface area contributed by atoms with Gasteiger partial charge in [0.2, 0.25) is 0 Å².